The molecular formula is C12H17N3O2S. The summed E-state index contributed by atoms with van der Waals surface area (Å²) in [6, 6.07) is 0. The molecule has 0 aliphatic carbocycles. The van der Waals surface area contributed by atoms with Crippen LogP contribution >= 0.6 is 11.3 Å². The smallest absolute Gasteiger partial charge is 0.229 e. The highest BCUT2D eigenvalue weighted by Gasteiger charge is 2.26. The van der Waals surface area contributed by atoms with E-state index in [2.05, 4.69) is 10.3 Å². The molecule has 5 nitrogen and oxygen atoms in total. The van der Waals surface area contributed by atoms with Gasteiger partial charge in [0.2, 0.25) is 11.8 Å². The molecule has 1 aromatic rings. The van der Waals surface area contributed by atoms with Gasteiger partial charge in [0.1, 0.15) is 0 Å². The van der Waals surface area contributed by atoms with E-state index in [9.17, 15) is 9.59 Å². The van der Waals surface area contributed by atoms with Gasteiger partial charge in [0, 0.05) is 31.3 Å². The van der Waals surface area contributed by atoms with Crippen LogP contribution in [0.1, 0.15) is 25.5 Å². The molecule has 1 aromatic heterocycles. The summed E-state index contributed by atoms with van der Waals surface area (Å²) in [6.45, 7) is 4.81. The molecule has 18 heavy (non-hydrogen) atoms. The van der Waals surface area contributed by atoms with Crippen molar-refractivity contribution in [1.82, 2.24) is 9.88 Å². The molecule has 1 saturated heterocycles. The molecule has 1 aliphatic rings. The van der Waals surface area contributed by atoms with E-state index in [0.29, 0.717) is 18.2 Å². The first kappa shape index (κ1) is 13.0. The van der Waals surface area contributed by atoms with Gasteiger partial charge in [-0.15, -0.1) is 11.3 Å². The molecule has 1 aliphatic heterocycles. The first-order chi connectivity index (χ1) is 8.56. The number of rotatable bonds is 2. The van der Waals surface area contributed by atoms with Crippen molar-refractivity contribution in [3.05, 3.63) is 11.1 Å². The van der Waals surface area contributed by atoms with Gasteiger partial charge in [-0.3, -0.25) is 9.59 Å². The number of piperidine rings is 1. The number of amides is 2. The Morgan fingerprint density at radius 2 is 2.11 bits per heavy atom. The Morgan fingerprint density at radius 3 is 2.61 bits per heavy atom. The van der Waals surface area contributed by atoms with Crippen LogP contribution in [-0.4, -0.2) is 34.8 Å². The van der Waals surface area contributed by atoms with Crippen molar-refractivity contribution < 1.29 is 9.59 Å². The lowest BCUT2D eigenvalue weighted by atomic mass is 9.96. The monoisotopic (exact) mass is 267 g/mol. The fourth-order valence-corrected chi connectivity index (χ4v) is 2.77. The lowest BCUT2D eigenvalue weighted by Crippen LogP contribution is -2.40. The Morgan fingerprint density at radius 1 is 1.44 bits per heavy atom. The first-order valence-electron chi connectivity index (χ1n) is 6.05. The molecule has 0 spiro atoms. The highest BCUT2D eigenvalue weighted by molar-refractivity contribution is 7.13. The lowest BCUT2D eigenvalue weighted by Gasteiger charge is -2.30. The fraction of sp³-hybridized carbons (Fsp3) is 0.583. The van der Waals surface area contributed by atoms with Gasteiger partial charge < -0.3 is 10.2 Å². The van der Waals surface area contributed by atoms with Gasteiger partial charge >= 0.3 is 0 Å². The summed E-state index contributed by atoms with van der Waals surface area (Å²) in [5.74, 6) is 0.0989. The minimum absolute atomic E-state index is 0.00944. The van der Waals surface area contributed by atoms with E-state index in [0.717, 1.165) is 18.5 Å². The largest absolute Gasteiger partial charge is 0.343 e. The Kier molecular flexibility index (Phi) is 3.96. The topological polar surface area (TPSA) is 62.3 Å². The summed E-state index contributed by atoms with van der Waals surface area (Å²) in [5.41, 5.74) is 0.918. The van der Waals surface area contributed by atoms with Gasteiger partial charge in [0.15, 0.2) is 5.13 Å². The van der Waals surface area contributed by atoms with Crippen molar-refractivity contribution >= 4 is 28.3 Å². The molecule has 2 heterocycles. The van der Waals surface area contributed by atoms with Crippen LogP contribution in [0.5, 0.6) is 0 Å². The molecule has 2 rings (SSSR count). The molecule has 0 aromatic carbocycles. The third kappa shape index (κ3) is 3.07. The van der Waals surface area contributed by atoms with Gasteiger partial charge in [-0.05, 0) is 19.8 Å². The van der Waals surface area contributed by atoms with Crippen LogP contribution in [0.4, 0.5) is 5.13 Å². The number of aryl methyl sites for hydroxylation is 1. The Labute approximate surface area is 110 Å². The van der Waals surface area contributed by atoms with Crippen LogP contribution in [0.25, 0.3) is 0 Å². The Balaban J connectivity index is 1.86. The molecule has 0 radical (unpaired) electrons. The van der Waals surface area contributed by atoms with Crippen molar-refractivity contribution in [1.29, 1.82) is 0 Å². The SMILES string of the molecule is CC(=O)N1CCC(C(=O)Nc2nc(C)cs2)CC1. The molecule has 0 atom stereocenters. The maximum absolute atomic E-state index is 12.0. The normalized spacial score (nSPS) is 16.7. The number of anilines is 1. The molecule has 6 heteroatoms. The number of likely N-dealkylation sites (tertiary alicyclic amines) is 1. The van der Waals surface area contributed by atoms with Crippen LogP contribution in [0, 0.1) is 12.8 Å². The summed E-state index contributed by atoms with van der Waals surface area (Å²) in [5, 5.41) is 5.41. The maximum Gasteiger partial charge on any atom is 0.229 e. The van der Waals surface area contributed by atoms with Crippen LogP contribution in [0.15, 0.2) is 5.38 Å². The summed E-state index contributed by atoms with van der Waals surface area (Å²) >= 11 is 1.44. The molecule has 1 fully saturated rings. The highest BCUT2D eigenvalue weighted by Crippen LogP contribution is 2.21. The number of aromatic nitrogens is 1. The van der Waals surface area contributed by atoms with Crippen LogP contribution in [0.3, 0.4) is 0 Å². The second kappa shape index (κ2) is 5.48. The van der Waals surface area contributed by atoms with E-state index in [1.165, 1.54) is 11.3 Å². The summed E-state index contributed by atoms with van der Waals surface area (Å²) in [4.78, 5) is 29.2. The first-order valence-corrected chi connectivity index (χ1v) is 6.92. The average molecular weight is 267 g/mol. The number of nitrogens with one attached hydrogen (secondary N) is 1. The summed E-state index contributed by atoms with van der Waals surface area (Å²) in [7, 11) is 0. The standard InChI is InChI=1S/C12H17N3O2S/c1-8-7-18-12(13-8)14-11(17)10-3-5-15(6-4-10)9(2)16/h7,10H,3-6H2,1-2H3,(H,13,14,17). The van der Waals surface area contributed by atoms with Gasteiger partial charge in [0.25, 0.3) is 0 Å². The van der Waals surface area contributed by atoms with Gasteiger partial charge in [-0.1, -0.05) is 0 Å². The van der Waals surface area contributed by atoms with E-state index >= 15 is 0 Å². The minimum Gasteiger partial charge on any atom is -0.343 e. The zero-order chi connectivity index (χ0) is 13.1. The molecule has 98 valence electrons. The number of hydrogen-bond donors (Lipinski definition) is 1. The predicted molar refractivity (Wildman–Crippen MR) is 70.5 cm³/mol. The van der Waals surface area contributed by atoms with Gasteiger partial charge in [-0.25, -0.2) is 4.98 Å². The molecule has 1 N–H and O–H groups in total. The summed E-state index contributed by atoms with van der Waals surface area (Å²) < 4.78 is 0. The van der Waals surface area contributed by atoms with Crippen molar-refractivity contribution in [3.8, 4) is 0 Å². The lowest BCUT2D eigenvalue weighted by molar-refractivity contribution is -0.132. The third-order valence-electron chi connectivity index (χ3n) is 3.16. The number of nitrogens with zero attached hydrogens (tertiary/aromatic N) is 2. The Bertz CT molecular complexity index is 450. The van der Waals surface area contributed by atoms with E-state index in [1.54, 1.807) is 11.8 Å². The minimum atomic E-state index is -0.00944. The van der Waals surface area contributed by atoms with E-state index in [1.807, 2.05) is 12.3 Å². The van der Waals surface area contributed by atoms with Gasteiger partial charge in [-0.2, -0.15) is 0 Å². The number of carbonyl (C=O) groups excluding carboxylic acids is 2. The molecular weight excluding hydrogens is 250 g/mol. The molecule has 0 saturated carbocycles. The zero-order valence-electron chi connectivity index (χ0n) is 10.6. The molecule has 0 unspecified atom stereocenters. The van der Waals surface area contributed by atoms with Crippen molar-refractivity contribution in [2.75, 3.05) is 18.4 Å². The van der Waals surface area contributed by atoms with Crippen molar-refractivity contribution in [2.24, 2.45) is 5.92 Å². The molecule has 0 bridgehead atoms. The average Bonchev–Trinajstić information content (AvgIpc) is 2.75. The van der Waals surface area contributed by atoms with Crippen LogP contribution < -0.4 is 5.32 Å². The predicted octanol–water partition coefficient (Wildman–Crippen LogP) is 1.65. The van der Waals surface area contributed by atoms with E-state index in [-0.39, 0.29) is 17.7 Å². The zero-order valence-corrected chi connectivity index (χ0v) is 11.4. The highest BCUT2D eigenvalue weighted by atomic mass is 32.1. The Hall–Kier alpha value is -1.43. The second-order valence-electron chi connectivity index (χ2n) is 4.56. The van der Waals surface area contributed by atoms with Crippen molar-refractivity contribution in [3.63, 3.8) is 0 Å². The van der Waals surface area contributed by atoms with E-state index in [4.69, 9.17) is 0 Å². The second-order valence-corrected chi connectivity index (χ2v) is 5.42. The quantitative estimate of drug-likeness (QED) is 0.886. The van der Waals surface area contributed by atoms with E-state index < -0.39 is 0 Å². The number of thiazole rings is 1. The maximum atomic E-state index is 12.0. The number of hydrogen-bond acceptors (Lipinski definition) is 4. The summed E-state index contributed by atoms with van der Waals surface area (Å²) in [6.07, 6.45) is 1.46. The molecule has 2 amide bonds. The fourth-order valence-electron chi connectivity index (χ4n) is 2.08. The number of carbonyl (C=O) groups is 2. The van der Waals surface area contributed by atoms with Crippen molar-refractivity contribution in [2.45, 2.75) is 26.7 Å². The van der Waals surface area contributed by atoms with Crippen LogP contribution in [0.2, 0.25) is 0 Å². The van der Waals surface area contributed by atoms with Gasteiger partial charge in [0.05, 0.1) is 5.69 Å². The van der Waals surface area contributed by atoms with Crippen LogP contribution in [-0.2, 0) is 9.59 Å². The third-order valence-corrected chi connectivity index (χ3v) is 4.04.